The molecule has 1 aromatic rings. The zero-order valence-corrected chi connectivity index (χ0v) is 11.5. The van der Waals surface area contributed by atoms with Crippen LogP contribution in [0.3, 0.4) is 0 Å². The topological polar surface area (TPSA) is 23.5 Å². The molecule has 1 N–H and O–H groups in total. The first-order chi connectivity index (χ1) is 8.06. The SMILES string of the molecule is Cc1ccc(C(C)C)cc1N(C)CCCCO. The van der Waals surface area contributed by atoms with Gasteiger partial charge in [0.05, 0.1) is 0 Å². The summed E-state index contributed by atoms with van der Waals surface area (Å²) in [5.74, 6) is 0.570. The number of nitrogens with zero attached hydrogens (tertiary/aromatic N) is 1. The van der Waals surface area contributed by atoms with Crippen LogP contribution in [0.25, 0.3) is 0 Å². The highest BCUT2D eigenvalue weighted by Gasteiger charge is 2.07. The van der Waals surface area contributed by atoms with Gasteiger partial charge >= 0.3 is 0 Å². The van der Waals surface area contributed by atoms with Gasteiger partial charge in [-0.25, -0.2) is 0 Å². The summed E-state index contributed by atoms with van der Waals surface area (Å²) in [6.45, 7) is 7.89. The summed E-state index contributed by atoms with van der Waals surface area (Å²) in [7, 11) is 2.13. The highest BCUT2D eigenvalue weighted by atomic mass is 16.2. The van der Waals surface area contributed by atoms with Crippen molar-refractivity contribution in [2.45, 2.75) is 39.5 Å². The molecule has 0 unspecified atom stereocenters. The van der Waals surface area contributed by atoms with E-state index < -0.39 is 0 Å². The van der Waals surface area contributed by atoms with Crippen LogP contribution < -0.4 is 4.90 Å². The first-order valence-electron chi connectivity index (χ1n) is 6.48. The molecule has 0 aliphatic heterocycles. The monoisotopic (exact) mass is 235 g/mol. The van der Waals surface area contributed by atoms with Crippen LogP contribution in [-0.2, 0) is 0 Å². The molecule has 0 aliphatic rings. The van der Waals surface area contributed by atoms with E-state index >= 15 is 0 Å². The minimum absolute atomic E-state index is 0.291. The fourth-order valence-corrected chi connectivity index (χ4v) is 1.98. The molecule has 0 atom stereocenters. The molecule has 2 heteroatoms. The van der Waals surface area contributed by atoms with Crippen molar-refractivity contribution in [2.75, 3.05) is 25.1 Å². The maximum absolute atomic E-state index is 8.80. The average molecular weight is 235 g/mol. The molecular weight excluding hydrogens is 210 g/mol. The van der Waals surface area contributed by atoms with E-state index in [9.17, 15) is 0 Å². The predicted octanol–water partition coefficient (Wildman–Crippen LogP) is 3.33. The molecular formula is C15H25NO. The number of anilines is 1. The Morgan fingerprint density at radius 3 is 2.53 bits per heavy atom. The number of hydrogen-bond acceptors (Lipinski definition) is 2. The number of unbranched alkanes of at least 4 members (excludes halogenated alkanes) is 1. The summed E-state index contributed by atoms with van der Waals surface area (Å²) in [6.07, 6.45) is 1.92. The molecule has 0 heterocycles. The quantitative estimate of drug-likeness (QED) is 0.765. The molecule has 96 valence electrons. The lowest BCUT2D eigenvalue weighted by atomic mass is 10.00. The van der Waals surface area contributed by atoms with Crippen molar-refractivity contribution in [2.24, 2.45) is 0 Å². The highest BCUT2D eigenvalue weighted by Crippen LogP contribution is 2.25. The molecule has 0 bridgehead atoms. The summed E-state index contributed by atoms with van der Waals surface area (Å²) in [5, 5.41) is 8.80. The second-order valence-electron chi connectivity index (χ2n) is 5.05. The van der Waals surface area contributed by atoms with Crippen molar-refractivity contribution in [1.82, 2.24) is 0 Å². The maximum atomic E-state index is 8.80. The molecule has 0 aromatic heterocycles. The van der Waals surface area contributed by atoms with Crippen molar-refractivity contribution in [1.29, 1.82) is 0 Å². The summed E-state index contributed by atoms with van der Waals surface area (Å²) < 4.78 is 0. The largest absolute Gasteiger partial charge is 0.396 e. The van der Waals surface area contributed by atoms with E-state index in [-0.39, 0.29) is 0 Å². The summed E-state index contributed by atoms with van der Waals surface area (Å²) in [4.78, 5) is 2.29. The van der Waals surface area contributed by atoms with Gasteiger partial charge in [0, 0.05) is 25.9 Å². The van der Waals surface area contributed by atoms with E-state index in [0.717, 1.165) is 19.4 Å². The summed E-state index contributed by atoms with van der Waals surface area (Å²) in [6, 6.07) is 6.71. The first kappa shape index (κ1) is 14.0. The second-order valence-corrected chi connectivity index (χ2v) is 5.05. The molecule has 1 aromatic carbocycles. The third kappa shape index (κ3) is 4.04. The predicted molar refractivity (Wildman–Crippen MR) is 74.9 cm³/mol. The van der Waals surface area contributed by atoms with Crippen LogP contribution >= 0.6 is 0 Å². The zero-order valence-electron chi connectivity index (χ0n) is 11.5. The van der Waals surface area contributed by atoms with Gasteiger partial charge < -0.3 is 10.0 Å². The van der Waals surface area contributed by atoms with Gasteiger partial charge in [0.1, 0.15) is 0 Å². The van der Waals surface area contributed by atoms with Gasteiger partial charge in [0.2, 0.25) is 0 Å². The van der Waals surface area contributed by atoms with Gasteiger partial charge in [0.15, 0.2) is 0 Å². The smallest absolute Gasteiger partial charge is 0.0431 e. The van der Waals surface area contributed by atoms with Gasteiger partial charge in [-0.15, -0.1) is 0 Å². The Kier molecular flexibility index (Phi) is 5.49. The van der Waals surface area contributed by atoms with Crippen LogP contribution in [-0.4, -0.2) is 25.3 Å². The molecule has 17 heavy (non-hydrogen) atoms. The Hall–Kier alpha value is -1.02. The molecule has 1 rings (SSSR count). The maximum Gasteiger partial charge on any atom is 0.0431 e. The standard InChI is InChI=1S/C15H25NO/c1-12(2)14-8-7-13(3)15(11-14)16(4)9-5-6-10-17/h7-8,11-12,17H,5-6,9-10H2,1-4H3. The minimum Gasteiger partial charge on any atom is -0.396 e. The van der Waals surface area contributed by atoms with Crippen LogP contribution in [0.4, 0.5) is 5.69 Å². The molecule has 0 saturated carbocycles. The van der Waals surface area contributed by atoms with Gasteiger partial charge in [-0.05, 0) is 42.9 Å². The molecule has 0 saturated heterocycles. The van der Waals surface area contributed by atoms with Crippen LogP contribution in [0.5, 0.6) is 0 Å². The van der Waals surface area contributed by atoms with E-state index in [0.29, 0.717) is 12.5 Å². The number of aliphatic hydroxyl groups is 1. The van der Waals surface area contributed by atoms with E-state index in [2.05, 4.69) is 50.9 Å². The number of aryl methyl sites for hydroxylation is 1. The Labute approximate surface area is 105 Å². The third-order valence-corrected chi connectivity index (χ3v) is 3.21. The van der Waals surface area contributed by atoms with Crippen LogP contribution in [0.15, 0.2) is 18.2 Å². The fourth-order valence-electron chi connectivity index (χ4n) is 1.98. The summed E-state index contributed by atoms with van der Waals surface area (Å²) >= 11 is 0. The van der Waals surface area contributed by atoms with E-state index in [4.69, 9.17) is 5.11 Å². The number of rotatable bonds is 6. The lowest BCUT2D eigenvalue weighted by Crippen LogP contribution is -2.20. The van der Waals surface area contributed by atoms with Gasteiger partial charge in [-0.3, -0.25) is 0 Å². The molecule has 0 spiro atoms. The Morgan fingerprint density at radius 2 is 1.94 bits per heavy atom. The normalized spacial score (nSPS) is 10.9. The van der Waals surface area contributed by atoms with Crippen molar-refractivity contribution in [3.63, 3.8) is 0 Å². The van der Waals surface area contributed by atoms with E-state index in [1.807, 2.05) is 0 Å². The van der Waals surface area contributed by atoms with Gasteiger partial charge in [-0.2, -0.15) is 0 Å². The lowest BCUT2D eigenvalue weighted by molar-refractivity contribution is 0.285. The van der Waals surface area contributed by atoms with Crippen molar-refractivity contribution in [3.05, 3.63) is 29.3 Å². The molecule has 0 amide bonds. The number of hydrogen-bond donors (Lipinski definition) is 1. The first-order valence-corrected chi connectivity index (χ1v) is 6.48. The van der Waals surface area contributed by atoms with Crippen LogP contribution in [0.2, 0.25) is 0 Å². The average Bonchev–Trinajstić information content (AvgIpc) is 2.29. The Morgan fingerprint density at radius 1 is 1.24 bits per heavy atom. The minimum atomic E-state index is 0.291. The van der Waals surface area contributed by atoms with Crippen LogP contribution in [0.1, 0.15) is 43.7 Å². The molecule has 0 fully saturated rings. The molecule has 2 nitrogen and oxygen atoms in total. The summed E-state index contributed by atoms with van der Waals surface area (Å²) in [5.41, 5.74) is 4.02. The van der Waals surface area contributed by atoms with Crippen molar-refractivity contribution < 1.29 is 5.11 Å². The fraction of sp³-hybridized carbons (Fsp3) is 0.600. The van der Waals surface area contributed by atoms with Crippen molar-refractivity contribution >= 4 is 5.69 Å². The number of aliphatic hydroxyl groups excluding tert-OH is 1. The Bertz CT molecular complexity index is 347. The van der Waals surface area contributed by atoms with Crippen LogP contribution in [0, 0.1) is 6.92 Å². The number of benzene rings is 1. The lowest BCUT2D eigenvalue weighted by Gasteiger charge is -2.23. The molecule has 0 aliphatic carbocycles. The zero-order chi connectivity index (χ0) is 12.8. The van der Waals surface area contributed by atoms with Gasteiger partial charge in [-0.1, -0.05) is 26.0 Å². The molecule has 0 radical (unpaired) electrons. The van der Waals surface area contributed by atoms with Crippen molar-refractivity contribution in [3.8, 4) is 0 Å². The third-order valence-electron chi connectivity index (χ3n) is 3.21. The van der Waals surface area contributed by atoms with Gasteiger partial charge in [0.25, 0.3) is 0 Å². The van der Waals surface area contributed by atoms with E-state index in [1.54, 1.807) is 0 Å². The second kappa shape index (κ2) is 6.65. The van der Waals surface area contributed by atoms with E-state index in [1.165, 1.54) is 16.8 Å². The highest BCUT2D eigenvalue weighted by molar-refractivity contribution is 5.54. The Balaban J connectivity index is 2.77.